The van der Waals surface area contributed by atoms with Crippen LogP contribution in [0.1, 0.15) is 70.6 Å². The maximum atomic E-state index is 12.5. The van der Waals surface area contributed by atoms with Crippen molar-refractivity contribution in [1.82, 2.24) is 5.32 Å². The van der Waals surface area contributed by atoms with Gasteiger partial charge in [0.2, 0.25) is 5.91 Å². The largest absolute Gasteiger partial charge is 0.481 e. The summed E-state index contributed by atoms with van der Waals surface area (Å²) in [5, 5.41) is 10.8. The molecule has 2 unspecified atom stereocenters. The minimum atomic E-state index is -3.36. The molecule has 2 fully saturated rings. The van der Waals surface area contributed by atoms with Gasteiger partial charge in [-0.05, 0) is 31.6 Å². The van der Waals surface area contributed by atoms with Crippen molar-refractivity contribution in [3.8, 4) is 0 Å². The molecular formula is C17H29NO5S. The third kappa shape index (κ3) is 5.76. The number of hydrogen-bond donors (Lipinski definition) is 2. The first-order chi connectivity index (χ1) is 11.4. The molecule has 0 spiro atoms. The summed E-state index contributed by atoms with van der Waals surface area (Å²) in [5.74, 6) is -0.738. The van der Waals surface area contributed by atoms with Crippen molar-refractivity contribution in [3.05, 3.63) is 0 Å². The van der Waals surface area contributed by atoms with Crippen LogP contribution in [0.25, 0.3) is 0 Å². The van der Waals surface area contributed by atoms with Gasteiger partial charge in [-0.1, -0.05) is 38.5 Å². The highest BCUT2D eigenvalue weighted by atomic mass is 32.2. The van der Waals surface area contributed by atoms with Crippen LogP contribution in [0.4, 0.5) is 0 Å². The summed E-state index contributed by atoms with van der Waals surface area (Å²) in [6.45, 7) is 0. The van der Waals surface area contributed by atoms with E-state index in [1.165, 1.54) is 19.3 Å². The Kier molecular flexibility index (Phi) is 7.07. The topological polar surface area (TPSA) is 101 Å². The second kappa shape index (κ2) is 8.83. The van der Waals surface area contributed by atoms with Gasteiger partial charge in [-0.15, -0.1) is 0 Å². The molecule has 0 bridgehead atoms. The number of aliphatic carboxylic acids is 1. The van der Waals surface area contributed by atoms with Crippen LogP contribution in [0, 0.1) is 5.92 Å². The number of carboxylic acids is 1. The fraction of sp³-hybridized carbons (Fsp3) is 0.882. The van der Waals surface area contributed by atoms with E-state index in [1.807, 2.05) is 0 Å². The molecule has 0 radical (unpaired) electrons. The van der Waals surface area contributed by atoms with Crippen LogP contribution < -0.4 is 5.32 Å². The molecule has 0 aromatic rings. The lowest BCUT2D eigenvalue weighted by Gasteiger charge is -2.29. The van der Waals surface area contributed by atoms with E-state index < -0.39 is 27.0 Å². The maximum Gasteiger partial charge on any atom is 0.303 e. The molecule has 1 amide bonds. The molecule has 0 aromatic carbocycles. The molecule has 2 aliphatic rings. The fourth-order valence-electron chi connectivity index (χ4n) is 3.91. The lowest BCUT2D eigenvalue weighted by Crippen LogP contribution is -2.47. The molecule has 1 heterocycles. The average Bonchev–Trinajstić information content (AvgIpc) is 2.53. The van der Waals surface area contributed by atoms with Crippen molar-refractivity contribution >= 4 is 21.7 Å². The van der Waals surface area contributed by atoms with Crippen LogP contribution in [-0.4, -0.2) is 42.4 Å². The van der Waals surface area contributed by atoms with E-state index in [0.717, 1.165) is 25.7 Å². The Hall–Kier alpha value is -1.11. The van der Waals surface area contributed by atoms with E-state index in [-0.39, 0.29) is 18.2 Å². The third-order valence-corrected chi connectivity index (χ3v) is 7.44. The number of sulfone groups is 1. The van der Waals surface area contributed by atoms with E-state index in [1.54, 1.807) is 0 Å². The molecule has 7 heteroatoms. The summed E-state index contributed by atoms with van der Waals surface area (Å²) in [4.78, 5) is 23.4. The number of carbonyl (C=O) groups excluding carboxylic acids is 1. The Bertz CT molecular complexity index is 539. The zero-order valence-corrected chi connectivity index (χ0v) is 15.0. The molecule has 1 aliphatic heterocycles. The first kappa shape index (κ1) is 19.2. The fourth-order valence-corrected chi connectivity index (χ4v) is 5.73. The Morgan fingerprint density at radius 3 is 2.33 bits per heavy atom. The SMILES string of the molecule is O=C(O)CCC(CC1CCCCC1)NC(=O)C1CCCCS1(=O)=O. The minimum absolute atomic E-state index is 0.00488. The van der Waals surface area contributed by atoms with Crippen LogP contribution in [0.3, 0.4) is 0 Å². The molecule has 2 rings (SSSR count). The molecule has 6 nitrogen and oxygen atoms in total. The highest BCUT2D eigenvalue weighted by Gasteiger charge is 2.36. The molecule has 1 aliphatic carbocycles. The van der Waals surface area contributed by atoms with Crippen LogP contribution >= 0.6 is 0 Å². The van der Waals surface area contributed by atoms with Crippen LogP contribution in [0.15, 0.2) is 0 Å². The van der Waals surface area contributed by atoms with Crippen molar-refractivity contribution in [2.24, 2.45) is 5.92 Å². The molecule has 1 saturated carbocycles. The Labute approximate surface area is 144 Å². The molecule has 138 valence electrons. The van der Waals surface area contributed by atoms with Gasteiger partial charge in [0.15, 0.2) is 9.84 Å². The molecular weight excluding hydrogens is 330 g/mol. The van der Waals surface area contributed by atoms with Crippen molar-refractivity contribution in [3.63, 3.8) is 0 Å². The minimum Gasteiger partial charge on any atom is -0.481 e. The predicted molar refractivity (Wildman–Crippen MR) is 91.4 cm³/mol. The standard InChI is InChI=1S/C17H29NO5S/c19-16(20)10-9-14(12-13-6-2-1-3-7-13)18-17(21)15-8-4-5-11-24(15,22)23/h13-15H,1-12H2,(H,18,21)(H,19,20). The Morgan fingerprint density at radius 1 is 1.04 bits per heavy atom. The van der Waals surface area contributed by atoms with E-state index in [9.17, 15) is 18.0 Å². The van der Waals surface area contributed by atoms with E-state index in [0.29, 0.717) is 25.2 Å². The number of hydrogen-bond acceptors (Lipinski definition) is 4. The van der Waals surface area contributed by atoms with E-state index in [2.05, 4.69) is 5.32 Å². The molecule has 2 N–H and O–H groups in total. The zero-order chi connectivity index (χ0) is 17.6. The van der Waals surface area contributed by atoms with Crippen LogP contribution in [0.2, 0.25) is 0 Å². The van der Waals surface area contributed by atoms with Gasteiger partial charge in [-0.25, -0.2) is 8.42 Å². The van der Waals surface area contributed by atoms with Gasteiger partial charge in [0.05, 0.1) is 5.75 Å². The Morgan fingerprint density at radius 2 is 1.71 bits per heavy atom. The monoisotopic (exact) mass is 359 g/mol. The van der Waals surface area contributed by atoms with Gasteiger partial charge in [-0.3, -0.25) is 9.59 Å². The number of carboxylic acid groups (broad SMARTS) is 1. The van der Waals surface area contributed by atoms with Gasteiger partial charge in [-0.2, -0.15) is 0 Å². The number of amides is 1. The average molecular weight is 359 g/mol. The summed E-state index contributed by atoms with van der Waals surface area (Å²) in [5.41, 5.74) is 0. The van der Waals surface area contributed by atoms with Crippen molar-refractivity contribution < 1.29 is 23.1 Å². The molecule has 24 heavy (non-hydrogen) atoms. The zero-order valence-electron chi connectivity index (χ0n) is 14.2. The summed E-state index contributed by atoms with van der Waals surface area (Å²) in [6.07, 6.45) is 8.69. The number of carbonyl (C=O) groups is 2. The van der Waals surface area contributed by atoms with Gasteiger partial charge in [0, 0.05) is 12.5 Å². The number of rotatable bonds is 7. The second-order valence-electron chi connectivity index (χ2n) is 7.23. The number of nitrogens with one attached hydrogen (secondary N) is 1. The highest BCUT2D eigenvalue weighted by molar-refractivity contribution is 7.92. The van der Waals surface area contributed by atoms with Crippen LogP contribution in [-0.2, 0) is 19.4 Å². The van der Waals surface area contributed by atoms with Crippen molar-refractivity contribution in [1.29, 1.82) is 0 Å². The van der Waals surface area contributed by atoms with Crippen molar-refractivity contribution in [2.75, 3.05) is 5.75 Å². The lowest BCUT2D eigenvalue weighted by molar-refractivity contribution is -0.137. The summed E-state index contributed by atoms with van der Waals surface area (Å²) >= 11 is 0. The second-order valence-corrected chi connectivity index (χ2v) is 9.53. The lowest BCUT2D eigenvalue weighted by atomic mass is 9.84. The molecule has 1 saturated heterocycles. The summed E-state index contributed by atoms with van der Waals surface area (Å²) in [6, 6.07) is -0.242. The van der Waals surface area contributed by atoms with Gasteiger partial charge in [0.25, 0.3) is 0 Å². The Balaban J connectivity index is 1.97. The van der Waals surface area contributed by atoms with Gasteiger partial charge >= 0.3 is 5.97 Å². The van der Waals surface area contributed by atoms with Gasteiger partial charge in [0.1, 0.15) is 5.25 Å². The molecule has 0 aromatic heterocycles. The normalized spacial score (nSPS) is 25.8. The predicted octanol–water partition coefficient (Wildman–Crippen LogP) is 2.27. The third-order valence-electron chi connectivity index (χ3n) is 5.27. The molecule has 2 atom stereocenters. The quantitative estimate of drug-likeness (QED) is 0.726. The van der Waals surface area contributed by atoms with Crippen LogP contribution in [0.5, 0.6) is 0 Å². The summed E-state index contributed by atoms with van der Waals surface area (Å²) < 4.78 is 24.2. The maximum absolute atomic E-state index is 12.5. The highest BCUT2D eigenvalue weighted by Crippen LogP contribution is 2.28. The van der Waals surface area contributed by atoms with E-state index >= 15 is 0 Å². The van der Waals surface area contributed by atoms with Crippen molar-refractivity contribution in [2.45, 2.75) is 81.9 Å². The van der Waals surface area contributed by atoms with Gasteiger partial charge < -0.3 is 10.4 Å². The smallest absolute Gasteiger partial charge is 0.303 e. The first-order valence-electron chi connectivity index (χ1n) is 9.12. The first-order valence-corrected chi connectivity index (χ1v) is 10.8. The van der Waals surface area contributed by atoms with E-state index in [4.69, 9.17) is 5.11 Å². The summed E-state index contributed by atoms with van der Waals surface area (Å²) in [7, 11) is -3.36.